The SMILES string of the molecule is Cc1cc2c(C(C)C)cc(O)c(C(=O)O)c2c(O)c1O. The number of carbonyl (C=O) groups is 1. The summed E-state index contributed by atoms with van der Waals surface area (Å²) in [5.74, 6) is -2.65. The number of fused-ring (bicyclic) bond motifs is 1. The van der Waals surface area contributed by atoms with Crippen LogP contribution in [0.3, 0.4) is 0 Å². The lowest BCUT2D eigenvalue weighted by atomic mass is 9.90. The standard InChI is InChI=1S/C15H16O5/c1-6(2)8-5-10(16)12(15(19)20)11-9(8)4-7(3)13(17)14(11)18/h4-6,16-18H,1-3H3,(H,19,20). The lowest BCUT2D eigenvalue weighted by molar-refractivity contribution is 0.0695. The molecule has 2 rings (SSSR count). The Hall–Kier alpha value is -2.43. The highest BCUT2D eigenvalue weighted by atomic mass is 16.4. The second kappa shape index (κ2) is 4.59. The Kier molecular flexibility index (Phi) is 3.21. The average molecular weight is 276 g/mol. The van der Waals surface area contributed by atoms with Crippen LogP contribution in [0.15, 0.2) is 12.1 Å². The van der Waals surface area contributed by atoms with Crippen molar-refractivity contribution in [2.45, 2.75) is 26.7 Å². The number of phenolic OH excluding ortho intramolecular Hbond substituents is 2. The van der Waals surface area contributed by atoms with Gasteiger partial charge in [0.15, 0.2) is 11.5 Å². The van der Waals surface area contributed by atoms with Crippen molar-refractivity contribution in [3.63, 3.8) is 0 Å². The van der Waals surface area contributed by atoms with Gasteiger partial charge < -0.3 is 20.4 Å². The van der Waals surface area contributed by atoms with Gasteiger partial charge in [0.1, 0.15) is 11.3 Å². The van der Waals surface area contributed by atoms with E-state index in [4.69, 9.17) is 0 Å². The molecule has 0 aliphatic carbocycles. The van der Waals surface area contributed by atoms with Crippen LogP contribution < -0.4 is 0 Å². The lowest BCUT2D eigenvalue weighted by Crippen LogP contribution is -2.02. The predicted octanol–water partition coefficient (Wildman–Crippen LogP) is 3.09. The molecule has 0 radical (unpaired) electrons. The smallest absolute Gasteiger partial charge is 0.340 e. The number of aromatic carboxylic acids is 1. The van der Waals surface area contributed by atoms with Crippen LogP contribution in [-0.4, -0.2) is 26.4 Å². The molecule has 0 aromatic heterocycles. The van der Waals surface area contributed by atoms with Gasteiger partial charge >= 0.3 is 5.97 Å². The summed E-state index contributed by atoms with van der Waals surface area (Å²) in [5, 5.41) is 39.5. The molecule has 0 amide bonds. The third kappa shape index (κ3) is 1.91. The van der Waals surface area contributed by atoms with Crippen LogP contribution >= 0.6 is 0 Å². The van der Waals surface area contributed by atoms with Crippen molar-refractivity contribution in [3.05, 3.63) is 28.8 Å². The number of carboxylic acid groups (broad SMARTS) is 1. The molecule has 5 heteroatoms. The largest absolute Gasteiger partial charge is 0.507 e. The summed E-state index contributed by atoms with van der Waals surface area (Å²) in [4.78, 5) is 11.3. The molecule has 0 spiro atoms. The molecule has 5 nitrogen and oxygen atoms in total. The zero-order valence-corrected chi connectivity index (χ0v) is 11.4. The van der Waals surface area contributed by atoms with E-state index < -0.39 is 23.0 Å². The molecule has 2 aromatic rings. The Morgan fingerprint density at radius 2 is 1.70 bits per heavy atom. The van der Waals surface area contributed by atoms with E-state index in [1.165, 1.54) is 6.07 Å². The van der Waals surface area contributed by atoms with Gasteiger partial charge in [0.2, 0.25) is 0 Å². The molecule has 106 valence electrons. The fourth-order valence-electron chi connectivity index (χ4n) is 2.39. The number of hydrogen-bond acceptors (Lipinski definition) is 4. The van der Waals surface area contributed by atoms with Crippen LogP contribution in [0.1, 0.15) is 41.3 Å². The first kappa shape index (κ1) is 14.0. The number of aromatic hydroxyl groups is 3. The van der Waals surface area contributed by atoms with Crippen molar-refractivity contribution in [3.8, 4) is 17.2 Å². The number of phenols is 3. The maximum atomic E-state index is 11.3. The Bertz CT molecular complexity index is 716. The van der Waals surface area contributed by atoms with Crippen LogP contribution in [0.4, 0.5) is 0 Å². The van der Waals surface area contributed by atoms with E-state index in [-0.39, 0.29) is 17.1 Å². The summed E-state index contributed by atoms with van der Waals surface area (Å²) < 4.78 is 0. The van der Waals surface area contributed by atoms with Crippen molar-refractivity contribution < 1.29 is 25.2 Å². The summed E-state index contributed by atoms with van der Waals surface area (Å²) in [6.07, 6.45) is 0. The molecule has 0 aliphatic rings. The quantitative estimate of drug-likeness (QED) is 0.632. The number of aryl methyl sites for hydroxylation is 1. The molecule has 0 atom stereocenters. The molecule has 4 N–H and O–H groups in total. The normalized spacial score (nSPS) is 11.2. The van der Waals surface area contributed by atoms with E-state index in [0.29, 0.717) is 16.5 Å². The highest BCUT2D eigenvalue weighted by Crippen LogP contribution is 2.44. The van der Waals surface area contributed by atoms with Crippen molar-refractivity contribution in [1.82, 2.24) is 0 Å². The lowest BCUT2D eigenvalue weighted by Gasteiger charge is -2.16. The molecular weight excluding hydrogens is 260 g/mol. The van der Waals surface area contributed by atoms with E-state index in [0.717, 1.165) is 0 Å². The summed E-state index contributed by atoms with van der Waals surface area (Å²) in [6.45, 7) is 5.41. The third-order valence-electron chi connectivity index (χ3n) is 3.41. The summed E-state index contributed by atoms with van der Waals surface area (Å²) in [6, 6.07) is 3.01. The van der Waals surface area contributed by atoms with Crippen LogP contribution in [0.25, 0.3) is 10.8 Å². The van der Waals surface area contributed by atoms with Crippen molar-refractivity contribution >= 4 is 16.7 Å². The number of rotatable bonds is 2. The molecule has 0 saturated carbocycles. The van der Waals surface area contributed by atoms with Gasteiger partial charge in [-0.25, -0.2) is 4.79 Å². The zero-order chi connectivity index (χ0) is 15.2. The van der Waals surface area contributed by atoms with Crippen molar-refractivity contribution in [1.29, 1.82) is 0 Å². The molecule has 20 heavy (non-hydrogen) atoms. The minimum absolute atomic E-state index is 0.0228. The first-order valence-electron chi connectivity index (χ1n) is 6.20. The van der Waals surface area contributed by atoms with E-state index in [1.807, 2.05) is 13.8 Å². The van der Waals surface area contributed by atoms with Gasteiger partial charge in [-0.1, -0.05) is 13.8 Å². The molecule has 0 heterocycles. The topological polar surface area (TPSA) is 98.0 Å². The minimum Gasteiger partial charge on any atom is -0.507 e. The second-order valence-electron chi connectivity index (χ2n) is 5.13. The zero-order valence-electron chi connectivity index (χ0n) is 11.4. The summed E-state index contributed by atoms with van der Waals surface area (Å²) >= 11 is 0. The molecule has 0 unspecified atom stereocenters. The van der Waals surface area contributed by atoms with Gasteiger partial charge in [-0.05, 0) is 41.5 Å². The Morgan fingerprint density at radius 3 is 2.20 bits per heavy atom. The van der Waals surface area contributed by atoms with Crippen LogP contribution in [-0.2, 0) is 0 Å². The summed E-state index contributed by atoms with van der Waals surface area (Å²) in [7, 11) is 0. The molecular formula is C15H16O5. The van der Waals surface area contributed by atoms with E-state index >= 15 is 0 Å². The Morgan fingerprint density at radius 1 is 1.10 bits per heavy atom. The molecule has 0 saturated heterocycles. The first-order chi connectivity index (χ1) is 9.25. The van der Waals surface area contributed by atoms with Crippen LogP contribution in [0.5, 0.6) is 17.2 Å². The van der Waals surface area contributed by atoms with Crippen molar-refractivity contribution in [2.75, 3.05) is 0 Å². The van der Waals surface area contributed by atoms with Gasteiger partial charge in [-0.15, -0.1) is 0 Å². The second-order valence-corrected chi connectivity index (χ2v) is 5.13. The van der Waals surface area contributed by atoms with Crippen LogP contribution in [0.2, 0.25) is 0 Å². The van der Waals surface area contributed by atoms with Gasteiger partial charge in [-0.3, -0.25) is 0 Å². The minimum atomic E-state index is -1.36. The van der Waals surface area contributed by atoms with Gasteiger partial charge in [-0.2, -0.15) is 0 Å². The first-order valence-corrected chi connectivity index (χ1v) is 6.20. The van der Waals surface area contributed by atoms with Gasteiger partial charge in [0.25, 0.3) is 0 Å². The highest BCUT2D eigenvalue weighted by Gasteiger charge is 2.23. The fourth-order valence-corrected chi connectivity index (χ4v) is 2.39. The van der Waals surface area contributed by atoms with E-state index in [9.17, 15) is 25.2 Å². The highest BCUT2D eigenvalue weighted by molar-refractivity contribution is 6.10. The predicted molar refractivity (Wildman–Crippen MR) is 74.7 cm³/mol. The monoisotopic (exact) mass is 276 g/mol. The molecule has 0 bridgehead atoms. The van der Waals surface area contributed by atoms with Gasteiger partial charge in [0.05, 0.1) is 0 Å². The Balaban J connectivity index is 3.10. The average Bonchev–Trinajstić information content (AvgIpc) is 2.35. The molecule has 2 aromatic carbocycles. The number of carboxylic acids is 1. The maximum absolute atomic E-state index is 11.3. The molecule has 0 aliphatic heterocycles. The van der Waals surface area contributed by atoms with Crippen LogP contribution in [0, 0.1) is 6.92 Å². The van der Waals surface area contributed by atoms with E-state index in [2.05, 4.69) is 0 Å². The Labute approximate surface area is 115 Å². The fraction of sp³-hybridized carbons (Fsp3) is 0.267. The summed E-state index contributed by atoms with van der Waals surface area (Å²) in [5.41, 5.74) is 0.747. The number of hydrogen-bond donors (Lipinski definition) is 4. The van der Waals surface area contributed by atoms with E-state index in [1.54, 1.807) is 13.0 Å². The van der Waals surface area contributed by atoms with Crippen molar-refractivity contribution in [2.24, 2.45) is 0 Å². The maximum Gasteiger partial charge on any atom is 0.340 e. The third-order valence-corrected chi connectivity index (χ3v) is 3.41. The molecule has 0 fully saturated rings. The van der Waals surface area contributed by atoms with Gasteiger partial charge in [0, 0.05) is 5.39 Å². The number of benzene rings is 2.